The molecule has 19 heavy (non-hydrogen) atoms. The van der Waals surface area contributed by atoms with Gasteiger partial charge in [0.05, 0.1) is 12.3 Å². The number of carbonyl (C=O) groups excluding carboxylic acids is 1. The molecule has 7 nitrogen and oxygen atoms in total. The summed E-state index contributed by atoms with van der Waals surface area (Å²) in [6.07, 6.45) is 0.611. The number of carbonyl (C=O) groups is 1. The number of aromatic amines is 1. The molecule has 2 atom stereocenters. The number of hydrogen-bond acceptors (Lipinski definition) is 5. The smallest absolute Gasteiger partial charge is 0.407 e. The van der Waals surface area contributed by atoms with Gasteiger partial charge in [-0.1, -0.05) is 0 Å². The molecule has 4 N–H and O–H groups in total. The number of H-pyrrole nitrogens is 1. The maximum atomic E-state index is 11.3. The van der Waals surface area contributed by atoms with Gasteiger partial charge in [-0.15, -0.1) is 0 Å². The van der Waals surface area contributed by atoms with Crippen LogP contribution in [0.5, 0.6) is 0 Å². The summed E-state index contributed by atoms with van der Waals surface area (Å²) in [6, 6.07) is 0. The van der Waals surface area contributed by atoms with Gasteiger partial charge in [-0.25, -0.2) is 4.79 Å². The maximum absolute atomic E-state index is 11.3. The molecule has 0 aromatic carbocycles. The minimum Gasteiger partial charge on any atom is -0.444 e. The molecule has 0 aliphatic rings. The van der Waals surface area contributed by atoms with E-state index >= 15 is 0 Å². The highest BCUT2D eigenvalue weighted by Crippen LogP contribution is 2.16. The zero-order chi connectivity index (χ0) is 14.5. The van der Waals surface area contributed by atoms with Crippen LogP contribution in [0, 0.1) is 0 Å². The van der Waals surface area contributed by atoms with Crippen molar-refractivity contribution in [2.24, 2.45) is 0 Å². The van der Waals surface area contributed by atoms with Gasteiger partial charge in [0.2, 0.25) is 0 Å². The Kier molecular flexibility index (Phi) is 5.31. The van der Waals surface area contributed by atoms with E-state index in [1.54, 1.807) is 20.8 Å². The van der Waals surface area contributed by atoms with Crippen LogP contribution in [0.15, 0.2) is 12.4 Å². The Hall–Kier alpha value is -1.60. The average Bonchev–Trinajstić information content (AvgIpc) is 2.78. The molecule has 108 valence electrons. The van der Waals surface area contributed by atoms with Crippen LogP contribution in [0.25, 0.3) is 0 Å². The Morgan fingerprint density at radius 3 is 2.74 bits per heavy atom. The van der Waals surface area contributed by atoms with E-state index in [4.69, 9.17) is 4.74 Å². The summed E-state index contributed by atoms with van der Waals surface area (Å²) in [7, 11) is 0. The van der Waals surface area contributed by atoms with Crippen LogP contribution in [-0.4, -0.2) is 44.8 Å². The quantitative estimate of drug-likeness (QED) is 0.631. The number of amides is 1. The molecule has 0 saturated carbocycles. The molecule has 1 amide bonds. The summed E-state index contributed by atoms with van der Waals surface area (Å²) in [5, 5.41) is 28.3. The zero-order valence-electron chi connectivity index (χ0n) is 11.4. The van der Waals surface area contributed by atoms with Gasteiger partial charge in [0.15, 0.2) is 0 Å². The Morgan fingerprint density at radius 2 is 2.21 bits per heavy atom. The van der Waals surface area contributed by atoms with Crippen molar-refractivity contribution in [3.8, 4) is 0 Å². The maximum Gasteiger partial charge on any atom is 0.407 e. The topological polar surface area (TPSA) is 107 Å². The number of aromatic nitrogens is 2. The van der Waals surface area contributed by atoms with Crippen LogP contribution in [0.2, 0.25) is 0 Å². The highest BCUT2D eigenvalue weighted by molar-refractivity contribution is 5.67. The Labute approximate surface area is 112 Å². The second kappa shape index (κ2) is 6.53. The van der Waals surface area contributed by atoms with Crippen molar-refractivity contribution in [1.29, 1.82) is 0 Å². The molecule has 7 heteroatoms. The Bertz CT molecular complexity index is 386. The third-order valence-corrected chi connectivity index (χ3v) is 2.33. The number of alkyl carbamates (subject to hydrolysis) is 1. The van der Waals surface area contributed by atoms with Gasteiger partial charge in [-0.2, -0.15) is 5.10 Å². The SMILES string of the molecule is CC(C)(C)OC(=O)NCCC(O)C(O)c1cn[nH]c1. The van der Waals surface area contributed by atoms with Crippen molar-refractivity contribution < 1.29 is 19.7 Å². The fraction of sp³-hybridized carbons (Fsp3) is 0.667. The summed E-state index contributed by atoms with van der Waals surface area (Å²) in [5.41, 5.74) is -0.0521. The normalized spacial score (nSPS) is 14.8. The molecule has 0 aliphatic heterocycles. The fourth-order valence-electron chi connectivity index (χ4n) is 1.44. The molecule has 0 aliphatic carbocycles. The van der Waals surface area contributed by atoms with E-state index in [0.29, 0.717) is 5.56 Å². The van der Waals surface area contributed by atoms with Crippen molar-refractivity contribution >= 4 is 6.09 Å². The predicted octanol–water partition coefficient (Wildman–Crippen LogP) is 0.719. The van der Waals surface area contributed by atoms with E-state index in [2.05, 4.69) is 15.5 Å². The van der Waals surface area contributed by atoms with E-state index in [9.17, 15) is 15.0 Å². The molecule has 0 bridgehead atoms. The van der Waals surface area contributed by atoms with Gasteiger partial charge >= 0.3 is 6.09 Å². The van der Waals surface area contributed by atoms with Gasteiger partial charge in [-0.05, 0) is 27.2 Å². The number of aliphatic hydroxyl groups is 2. The number of nitrogens with one attached hydrogen (secondary N) is 2. The van der Waals surface area contributed by atoms with Crippen LogP contribution in [0.3, 0.4) is 0 Å². The number of hydrogen-bond donors (Lipinski definition) is 4. The lowest BCUT2D eigenvalue weighted by Gasteiger charge is -2.20. The first-order valence-corrected chi connectivity index (χ1v) is 6.11. The van der Waals surface area contributed by atoms with Gasteiger partial charge in [-0.3, -0.25) is 5.10 Å². The van der Waals surface area contributed by atoms with Crippen molar-refractivity contribution in [3.05, 3.63) is 18.0 Å². The third-order valence-electron chi connectivity index (χ3n) is 2.33. The van der Waals surface area contributed by atoms with Crippen LogP contribution in [-0.2, 0) is 4.74 Å². The predicted molar refractivity (Wildman–Crippen MR) is 68.4 cm³/mol. The van der Waals surface area contributed by atoms with E-state index < -0.39 is 23.9 Å². The fourth-order valence-corrected chi connectivity index (χ4v) is 1.44. The highest BCUT2D eigenvalue weighted by atomic mass is 16.6. The van der Waals surface area contributed by atoms with Gasteiger partial charge in [0.25, 0.3) is 0 Å². The second-order valence-corrected chi connectivity index (χ2v) is 5.26. The summed E-state index contributed by atoms with van der Waals surface area (Å²) in [6.45, 7) is 5.52. The average molecular weight is 271 g/mol. The molecule has 0 spiro atoms. The lowest BCUT2D eigenvalue weighted by atomic mass is 10.1. The highest BCUT2D eigenvalue weighted by Gasteiger charge is 2.20. The Balaban J connectivity index is 2.27. The zero-order valence-corrected chi connectivity index (χ0v) is 11.4. The molecular formula is C12H21N3O4. The molecule has 1 heterocycles. The first kappa shape index (κ1) is 15.5. The molecule has 2 unspecified atom stereocenters. The van der Waals surface area contributed by atoms with Gasteiger partial charge in [0.1, 0.15) is 11.7 Å². The number of ether oxygens (including phenoxy) is 1. The largest absolute Gasteiger partial charge is 0.444 e. The van der Waals surface area contributed by atoms with Crippen LogP contribution in [0.1, 0.15) is 38.9 Å². The van der Waals surface area contributed by atoms with E-state index in [0.717, 1.165) is 0 Å². The van der Waals surface area contributed by atoms with Crippen molar-refractivity contribution in [2.45, 2.75) is 45.0 Å². The van der Waals surface area contributed by atoms with Crippen LogP contribution in [0.4, 0.5) is 4.79 Å². The molecular weight excluding hydrogens is 250 g/mol. The number of nitrogens with zero attached hydrogens (tertiary/aromatic N) is 1. The standard InChI is InChI=1S/C12H21N3O4/c1-12(2,3)19-11(18)13-5-4-9(16)10(17)8-6-14-15-7-8/h6-7,9-10,16-17H,4-5H2,1-3H3,(H,13,18)(H,14,15). The summed E-state index contributed by atoms with van der Waals surface area (Å²) >= 11 is 0. The summed E-state index contributed by atoms with van der Waals surface area (Å²) < 4.78 is 5.04. The molecule has 0 radical (unpaired) electrons. The lowest BCUT2D eigenvalue weighted by Crippen LogP contribution is -2.34. The van der Waals surface area contributed by atoms with E-state index in [1.807, 2.05) is 0 Å². The third kappa shape index (κ3) is 5.71. The summed E-state index contributed by atoms with van der Waals surface area (Å²) in [4.78, 5) is 11.3. The molecule has 1 aromatic heterocycles. The van der Waals surface area contributed by atoms with E-state index in [-0.39, 0.29) is 13.0 Å². The molecule has 1 rings (SSSR count). The minimum atomic E-state index is -1.03. The second-order valence-electron chi connectivity index (χ2n) is 5.26. The molecule has 0 saturated heterocycles. The molecule has 0 fully saturated rings. The first-order chi connectivity index (χ1) is 8.79. The Morgan fingerprint density at radius 1 is 1.53 bits per heavy atom. The van der Waals surface area contributed by atoms with Crippen LogP contribution >= 0.6 is 0 Å². The summed E-state index contributed by atoms with van der Waals surface area (Å²) in [5.74, 6) is 0. The van der Waals surface area contributed by atoms with Gasteiger partial charge < -0.3 is 20.3 Å². The minimum absolute atomic E-state index is 0.213. The van der Waals surface area contributed by atoms with Crippen molar-refractivity contribution in [1.82, 2.24) is 15.5 Å². The lowest BCUT2D eigenvalue weighted by molar-refractivity contribution is 0.0123. The van der Waals surface area contributed by atoms with Crippen LogP contribution < -0.4 is 5.32 Å². The van der Waals surface area contributed by atoms with E-state index in [1.165, 1.54) is 12.4 Å². The first-order valence-electron chi connectivity index (χ1n) is 6.11. The molecule has 1 aromatic rings. The van der Waals surface area contributed by atoms with Crippen molar-refractivity contribution in [3.63, 3.8) is 0 Å². The van der Waals surface area contributed by atoms with Crippen molar-refractivity contribution in [2.75, 3.05) is 6.54 Å². The monoisotopic (exact) mass is 271 g/mol. The number of rotatable bonds is 5. The number of aliphatic hydroxyl groups excluding tert-OH is 2. The van der Waals surface area contributed by atoms with Gasteiger partial charge in [0, 0.05) is 18.3 Å².